The van der Waals surface area contributed by atoms with Gasteiger partial charge in [-0.2, -0.15) is 12.7 Å². The van der Waals surface area contributed by atoms with Gasteiger partial charge in [-0.05, 0) is 72.4 Å². The van der Waals surface area contributed by atoms with Crippen molar-refractivity contribution in [1.82, 2.24) is 29.4 Å². The molecule has 0 spiro atoms. The van der Waals surface area contributed by atoms with E-state index in [1.54, 1.807) is 18.3 Å². The fraction of sp³-hybridized carbons (Fsp3) is 0.341. The van der Waals surface area contributed by atoms with E-state index in [2.05, 4.69) is 25.1 Å². The lowest BCUT2D eigenvalue weighted by molar-refractivity contribution is -0.136. The van der Waals surface area contributed by atoms with E-state index in [-0.39, 0.29) is 43.3 Å². The summed E-state index contributed by atoms with van der Waals surface area (Å²) in [5, 5.41) is 13.7. The van der Waals surface area contributed by atoms with E-state index < -0.39 is 69.6 Å². The number of hydrogen-bond acceptors (Lipinski definition) is 10. The van der Waals surface area contributed by atoms with Gasteiger partial charge in [0.1, 0.15) is 23.7 Å². The number of piperidine rings is 1. The van der Waals surface area contributed by atoms with Crippen molar-refractivity contribution in [2.24, 2.45) is 0 Å². The van der Waals surface area contributed by atoms with Gasteiger partial charge in [0.05, 0.1) is 17.4 Å². The molecule has 0 aliphatic carbocycles. The lowest BCUT2D eigenvalue weighted by atomic mass is 9.99. The van der Waals surface area contributed by atoms with Crippen molar-refractivity contribution in [1.29, 1.82) is 0 Å². The molecule has 15 nitrogen and oxygen atoms in total. The Balaban J connectivity index is 0.809. The van der Waals surface area contributed by atoms with Crippen LogP contribution < -0.4 is 14.9 Å². The van der Waals surface area contributed by atoms with Crippen LogP contribution in [0.1, 0.15) is 56.7 Å². The second-order valence-corrected chi connectivity index (χ2v) is 18.0. The molecule has 9 rings (SSSR count). The number of anilines is 2. The standard InChI is InChI=1S/C44H43F3N8O7S/c45-29-11-12-54(23-29)63(61,62)51-36-8-7-35(46)39(40(36)47)41(58)34-21-49-42-33(34)19-27(20-48-42)26-2-4-30(5-3-26)53-15-13-52(14-16-53)24-31(56)18-25-1-6-32-28(17-25)22-55(44(32)60)37-9-10-38(57)50-43(37)59/h1-8,17,19-21,29,31,37,51,56H,9-16,18,22-24H2,(H,48,49)(H,50,57,59)/t29-,31+,37-/m1/s1. The summed E-state index contributed by atoms with van der Waals surface area (Å²) in [6.07, 6.45) is 1.78. The molecule has 4 aliphatic rings. The molecule has 3 fully saturated rings. The van der Waals surface area contributed by atoms with E-state index in [4.69, 9.17) is 0 Å². The number of halogens is 3. The largest absolute Gasteiger partial charge is 0.391 e. The number of alkyl halides is 1. The van der Waals surface area contributed by atoms with E-state index in [9.17, 15) is 37.1 Å². The number of H-pyrrole nitrogens is 1. The van der Waals surface area contributed by atoms with E-state index >= 15 is 8.78 Å². The number of carbonyl (C=O) groups excluding carboxylic acids is 4. The number of imide groups is 1. The highest BCUT2D eigenvalue weighted by Gasteiger charge is 2.39. The zero-order chi connectivity index (χ0) is 44.2. The first-order valence-electron chi connectivity index (χ1n) is 20.7. The Labute approximate surface area is 360 Å². The fourth-order valence-corrected chi connectivity index (χ4v) is 10.1. The molecule has 3 aromatic carbocycles. The quantitative estimate of drug-likeness (QED) is 0.106. The maximum absolute atomic E-state index is 15.7. The van der Waals surface area contributed by atoms with Crippen LogP contribution in [0.2, 0.25) is 0 Å². The number of pyridine rings is 1. The fourth-order valence-electron chi connectivity index (χ4n) is 8.88. The Morgan fingerprint density at radius 2 is 1.73 bits per heavy atom. The van der Waals surface area contributed by atoms with Crippen molar-refractivity contribution >= 4 is 56.1 Å². The minimum absolute atomic E-state index is 0.00612. The number of aliphatic hydroxyl groups excluding tert-OH is 1. The van der Waals surface area contributed by atoms with Crippen LogP contribution in [0, 0.1) is 11.6 Å². The number of carbonyl (C=O) groups is 4. The molecule has 4 N–H and O–H groups in total. The van der Waals surface area contributed by atoms with Gasteiger partial charge in [0.25, 0.3) is 5.91 Å². The number of rotatable bonds is 12. The molecule has 63 heavy (non-hydrogen) atoms. The van der Waals surface area contributed by atoms with Crippen molar-refractivity contribution < 1.29 is 45.9 Å². The Morgan fingerprint density at radius 3 is 2.46 bits per heavy atom. The molecule has 3 saturated heterocycles. The molecule has 0 radical (unpaired) electrons. The third kappa shape index (κ3) is 8.40. The molecule has 0 bridgehead atoms. The number of aromatic amines is 1. The average Bonchev–Trinajstić information content (AvgIpc) is 3.99. The van der Waals surface area contributed by atoms with Crippen LogP contribution >= 0.6 is 0 Å². The maximum atomic E-state index is 15.7. The van der Waals surface area contributed by atoms with Gasteiger partial charge >= 0.3 is 10.2 Å². The summed E-state index contributed by atoms with van der Waals surface area (Å²) in [7, 11) is -4.37. The van der Waals surface area contributed by atoms with E-state index in [0.29, 0.717) is 41.5 Å². The number of benzene rings is 3. The minimum Gasteiger partial charge on any atom is -0.391 e. The van der Waals surface area contributed by atoms with Gasteiger partial charge in [0.2, 0.25) is 17.6 Å². The lowest BCUT2D eigenvalue weighted by Crippen LogP contribution is -2.52. The van der Waals surface area contributed by atoms with Crippen LogP contribution in [-0.2, 0) is 32.8 Å². The first-order chi connectivity index (χ1) is 30.2. The number of amides is 3. The molecule has 0 unspecified atom stereocenters. The Hall–Kier alpha value is -6.15. The van der Waals surface area contributed by atoms with Crippen LogP contribution in [0.25, 0.3) is 22.2 Å². The number of aromatic nitrogens is 2. The monoisotopic (exact) mass is 884 g/mol. The van der Waals surface area contributed by atoms with Gasteiger partial charge < -0.3 is 19.9 Å². The second-order valence-electron chi connectivity index (χ2n) is 16.4. The SMILES string of the molecule is O=C1CC[C@@H](N2Cc3cc(C[C@H](O)CN4CCN(c5ccc(-c6cnc7[nH]cc(C(=O)c8c(F)ccc(NS(=O)(=O)N9CC[C@@H](F)C9)c8F)c7c6)cc5)CC4)ccc3C2=O)C(=O)N1. The zero-order valence-corrected chi connectivity index (χ0v) is 34.6. The average molecular weight is 885 g/mol. The first-order valence-corrected chi connectivity index (χ1v) is 22.1. The Kier molecular flexibility index (Phi) is 11.3. The maximum Gasteiger partial charge on any atom is 0.301 e. The summed E-state index contributed by atoms with van der Waals surface area (Å²) in [6, 6.07) is 15.9. The molecular formula is C44H43F3N8O7S. The lowest BCUT2D eigenvalue weighted by Gasteiger charge is -2.37. The van der Waals surface area contributed by atoms with Crippen molar-refractivity contribution in [2.45, 2.75) is 50.5 Å². The van der Waals surface area contributed by atoms with E-state index in [1.807, 2.05) is 41.1 Å². The van der Waals surface area contributed by atoms with Crippen LogP contribution in [0.15, 0.2) is 73.1 Å². The third-order valence-corrected chi connectivity index (χ3v) is 13.7. The predicted molar refractivity (Wildman–Crippen MR) is 226 cm³/mol. The molecule has 5 aromatic rings. The predicted octanol–water partition coefficient (Wildman–Crippen LogP) is 3.93. The second kappa shape index (κ2) is 16.9. The molecule has 3 amide bonds. The number of β-amino-alcohol motifs (C(OH)–C–C–N with tert-alkyl or cyclic N) is 1. The summed E-state index contributed by atoms with van der Waals surface area (Å²) >= 11 is 0. The van der Waals surface area contributed by atoms with Gasteiger partial charge in [0.15, 0.2) is 5.82 Å². The van der Waals surface area contributed by atoms with Gasteiger partial charge in [0, 0.05) is 98.9 Å². The number of hydrogen-bond donors (Lipinski definition) is 4. The van der Waals surface area contributed by atoms with E-state index in [0.717, 1.165) is 65.0 Å². The van der Waals surface area contributed by atoms with Gasteiger partial charge in [-0.15, -0.1) is 0 Å². The Bertz CT molecular complexity index is 2760. The highest BCUT2D eigenvalue weighted by molar-refractivity contribution is 7.90. The molecule has 2 aromatic heterocycles. The van der Waals surface area contributed by atoms with Crippen molar-refractivity contribution in [3.8, 4) is 11.1 Å². The number of fused-ring (bicyclic) bond motifs is 2. The molecular weight excluding hydrogens is 842 g/mol. The van der Waals surface area contributed by atoms with Crippen LogP contribution in [0.3, 0.4) is 0 Å². The topological polar surface area (TPSA) is 188 Å². The highest BCUT2D eigenvalue weighted by atomic mass is 32.2. The molecule has 19 heteroatoms. The number of aliphatic hydroxyl groups is 1. The van der Waals surface area contributed by atoms with Crippen LogP contribution in [0.4, 0.5) is 24.5 Å². The molecule has 4 aliphatic heterocycles. The molecule has 3 atom stereocenters. The summed E-state index contributed by atoms with van der Waals surface area (Å²) in [5.41, 5.74) is 3.25. The van der Waals surface area contributed by atoms with E-state index in [1.165, 1.54) is 11.1 Å². The normalized spacial score (nSPS) is 20.3. The zero-order valence-electron chi connectivity index (χ0n) is 33.8. The Morgan fingerprint density at radius 1 is 0.952 bits per heavy atom. The van der Waals surface area contributed by atoms with Crippen molar-refractivity contribution in [2.75, 3.05) is 55.4 Å². The number of nitrogens with zero attached hydrogens (tertiary/aromatic N) is 5. The van der Waals surface area contributed by atoms with Gasteiger partial charge in [-0.1, -0.05) is 24.3 Å². The van der Waals surface area contributed by atoms with Gasteiger partial charge in [-0.25, -0.2) is 18.2 Å². The summed E-state index contributed by atoms with van der Waals surface area (Å²) in [6.45, 7) is 3.12. The van der Waals surface area contributed by atoms with Crippen LogP contribution in [0.5, 0.6) is 0 Å². The van der Waals surface area contributed by atoms with Crippen LogP contribution in [-0.4, -0.2) is 125 Å². The molecule has 6 heterocycles. The molecule has 328 valence electrons. The molecule has 0 saturated carbocycles. The third-order valence-electron chi connectivity index (χ3n) is 12.2. The number of ketones is 1. The smallest absolute Gasteiger partial charge is 0.301 e. The first kappa shape index (κ1) is 42.2. The van der Waals surface area contributed by atoms with Gasteiger partial charge in [-0.3, -0.25) is 34.1 Å². The minimum atomic E-state index is -4.37. The highest BCUT2D eigenvalue weighted by Crippen LogP contribution is 2.32. The number of piperazine rings is 1. The summed E-state index contributed by atoms with van der Waals surface area (Å²) in [4.78, 5) is 64.0. The summed E-state index contributed by atoms with van der Waals surface area (Å²) < 4.78 is 73.0. The van der Waals surface area contributed by atoms with Crippen molar-refractivity contribution in [3.63, 3.8) is 0 Å². The van der Waals surface area contributed by atoms with Crippen molar-refractivity contribution in [3.05, 3.63) is 113 Å². The summed E-state index contributed by atoms with van der Waals surface area (Å²) in [5.74, 6) is -4.64. The number of nitrogens with one attached hydrogen (secondary N) is 3.